The average molecular weight is 634 g/mol. The fraction of sp³-hybridized carbons (Fsp3) is 0.429. The lowest BCUT2D eigenvalue weighted by Crippen LogP contribution is -2.36. The van der Waals surface area contributed by atoms with E-state index in [0.29, 0.717) is 5.66 Å². The van der Waals surface area contributed by atoms with Crippen LogP contribution in [0.3, 0.4) is 0 Å². The van der Waals surface area contributed by atoms with Crippen LogP contribution in [-0.4, -0.2) is 17.9 Å². The van der Waals surface area contributed by atoms with Crippen molar-refractivity contribution in [1.29, 1.82) is 0 Å². The summed E-state index contributed by atoms with van der Waals surface area (Å²) in [5.74, 6) is 1.82. The summed E-state index contributed by atoms with van der Waals surface area (Å²) in [6, 6.07) is 33.4. The van der Waals surface area contributed by atoms with Gasteiger partial charge in [0.25, 0.3) is 0 Å². The van der Waals surface area contributed by atoms with Gasteiger partial charge < -0.3 is 15.2 Å². The predicted octanol–water partition coefficient (Wildman–Crippen LogP) is 11.5. The SMILES string of the molecule is CC(C)Oc1cccc(OC(C)C)c1-c1ccccc1P(C1CCCCC1)C1(c2ccccc2-c2ccccc2N)CCCCC1. The number of hydrogen-bond acceptors (Lipinski definition) is 3. The molecule has 2 aliphatic rings. The molecule has 0 heterocycles. The molecule has 4 heteroatoms. The van der Waals surface area contributed by atoms with Gasteiger partial charge in [-0.1, -0.05) is 119 Å². The van der Waals surface area contributed by atoms with Gasteiger partial charge in [-0.15, -0.1) is 0 Å². The average Bonchev–Trinajstić information content (AvgIpc) is 3.06. The molecule has 0 aliphatic heterocycles. The second kappa shape index (κ2) is 14.6. The number of benzene rings is 4. The van der Waals surface area contributed by atoms with Crippen molar-refractivity contribution in [3.8, 4) is 33.8 Å². The first-order chi connectivity index (χ1) is 22.4. The number of rotatable bonds is 10. The van der Waals surface area contributed by atoms with E-state index in [-0.39, 0.29) is 17.4 Å². The van der Waals surface area contributed by atoms with Crippen molar-refractivity contribution in [2.75, 3.05) is 5.73 Å². The van der Waals surface area contributed by atoms with Crippen molar-refractivity contribution in [2.45, 2.75) is 115 Å². The molecule has 4 aromatic carbocycles. The van der Waals surface area contributed by atoms with Crippen LogP contribution in [0, 0.1) is 0 Å². The van der Waals surface area contributed by atoms with Crippen molar-refractivity contribution in [3.63, 3.8) is 0 Å². The van der Waals surface area contributed by atoms with Gasteiger partial charge in [-0.2, -0.15) is 0 Å². The second-order valence-electron chi connectivity index (χ2n) is 13.9. The van der Waals surface area contributed by atoms with Crippen molar-refractivity contribution < 1.29 is 9.47 Å². The maximum atomic E-state index is 6.71. The van der Waals surface area contributed by atoms with Crippen LogP contribution in [0.1, 0.15) is 97.5 Å². The van der Waals surface area contributed by atoms with Crippen LogP contribution in [0.2, 0.25) is 0 Å². The molecule has 242 valence electrons. The van der Waals surface area contributed by atoms with Crippen LogP contribution in [0.5, 0.6) is 11.5 Å². The van der Waals surface area contributed by atoms with E-state index in [1.807, 2.05) is 0 Å². The van der Waals surface area contributed by atoms with Crippen LogP contribution < -0.4 is 20.5 Å². The molecular formula is C42H52NO2P. The van der Waals surface area contributed by atoms with E-state index in [1.54, 1.807) is 0 Å². The molecule has 6 rings (SSSR count). The summed E-state index contributed by atoms with van der Waals surface area (Å²) in [4.78, 5) is 0. The summed E-state index contributed by atoms with van der Waals surface area (Å²) in [7, 11) is -0.631. The largest absolute Gasteiger partial charge is 0.490 e. The fourth-order valence-electron chi connectivity index (χ4n) is 8.13. The predicted molar refractivity (Wildman–Crippen MR) is 198 cm³/mol. The fourth-order valence-corrected chi connectivity index (χ4v) is 12.5. The number of nitrogens with two attached hydrogens (primary N) is 1. The lowest BCUT2D eigenvalue weighted by molar-refractivity contribution is 0.231. The third kappa shape index (κ3) is 6.72. The van der Waals surface area contributed by atoms with Gasteiger partial charge in [0.05, 0.1) is 17.8 Å². The zero-order chi connectivity index (χ0) is 32.1. The Morgan fingerprint density at radius 3 is 1.78 bits per heavy atom. The molecule has 46 heavy (non-hydrogen) atoms. The normalized spacial score (nSPS) is 17.6. The number of para-hydroxylation sites is 1. The molecule has 0 amide bonds. The summed E-state index contributed by atoms with van der Waals surface area (Å²) in [5.41, 5.74) is 14.6. The first-order valence-corrected chi connectivity index (χ1v) is 19.1. The number of ether oxygens (including phenoxy) is 2. The van der Waals surface area contributed by atoms with Crippen LogP contribution in [-0.2, 0) is 5.16 Å². The molecule has 0 aromatic heterocycles. The van der Waals surface area contributed by atoms with E-state index < -0.39 is 7.92 Å². The third-order valence-corrected chi connectivity index (χ3v) is 13.7. The van der Waals surface area contributed by atoms with Crippen LogP contribution in [0.25, 0.3) is 22.3 Å². The molecule has 2 fully saturated rings. The highest BCUT2D eigenvalue weighted by Crippen LogP contribution is 2.68. The van der Waals surface area contributed by atoms with Gasteiger partial charge in [-0.3, -0.25) is 0 Å². The summed E-state index contributed by atoms with van der Waals surface area (Å²) in [5, 5.41) is 1.56. The van der Waals surface area contributed by atoms with Gasteiger partial charge in [0.1, 0.15) is 11.5 Å². The highest BCUT2D eigenvalue weighted by Gasteiger charge is 2.47. The highest BCUT2D eigenvalue weighted by atomic mass is 31.1. The van der Waals surface area contributed by atoms with Crippen molar-refractivity contribution in [1.82, 2.24) is 0 Å². The van der Waals surface area contributed by atoms with Gasteiger partial charge >= 0.3 is 0 Å². The minimum absolute atomic E-state index is 0.0531. The smallest absolute Gasteiger partial charge is 0.131 e. The van der Waals surface area contributed by atoms with E-state index in [2.05, 4.69) is 119 Å². The summed E-state index contributed by atoms with van der Waals surface area (Å²) in [6.45, 7) is 8.46. The van der Waals surface area contributed by atoms with E-state index in [4.69, 9.17) is 15.2 Å². The Labute approximate surface area is 278 Å². The topological polar surface area (TPSA) is 44.5 Å². The van der Waals surface area contributed by atoms with E-state index in [1.165, 1.54) is 91.8 Å². The van der Waals surface area contributed by atoms with Crippen LogP contribution in [0.15, 0.2) is 91.0 Å². The monoisotopic (exact) mass is 633 g/mol. The highest BCUT2D eigenvalue weighted by molar-refractivity contribution is 7.67. The first-order valence-electron chi connectivity index (χ1n) is 17.7. The number of anilines is 1. The zero-order valence-corrected chi connectivity index (χ0v) is 29.2. The maximum absolute atomic E-state index is 6.71. The molecule has 0 spiro atoms. The minimum atomic E-state index is -0.631. The number of hydrogen-bond donors (Lipinski definition) is 1. The van der Waals surface area contributed by atoms with Crippen molar-refractivity contribution >= 4 is 18.9 Å². The summed E-state index contributed by atoms with van der Waals surface area (Å²) >= 11 is 0. The van der Waals surface area contributed by atoms with E-state index in [0.717, 1.165) is 22.7 Å². The zero-order valence-electron chi connectivity index (χ0n) is 28.3. The Morgan fingerprint density at radius 1 is 0.609 bits per heavy atom. The Kier molecular flexibility index (Phi) is 10.4. The van der Waals surface area contributed by atoms with E-state index >= 15 is 0 Å². The van der Waals surface area contributed by atoms with Gasteiger partial charge in [-0.05, 0) is 99.2 Å². The molecule has 1 unspecified atom stereocenters. The molecule has 2 saturated carbocycles. The van der Waals surface area contributed by atoms with Gasteiger partial charge in [-0.25, -0.2) is 0 Å². The Bertz CT molecular complexity index is 1570. The molecule has 2 N–H and O–H groups in total. The quantitative estimate of drug-likeness (QED) is 0.140. The standard InChI is InChI=1S/C42H52NO2P/c1-30(2)44-38-25-17-26-39(45-31(3)4)41(38)35-22-11-14-27-40(35)46(32-18-7-5-8-19-32)42(28-15-6-16-29-42)36-23-12-9-20-33(36)34-21-10-13-24-37(34)43/h9-14,17,20-27,30-32H,5-8,15-16,18-19,28-29,43H2,1-4H3. The number of nitrogen functional groups attached to an aromatic ring is 1. The van der Waals surface area contributed by atoms with Gasteiger partial charge in [0, 0.05) is 16.4 Å². The third-order valence-electron chi connectivity index (χ3n) is 9.91. The minimum Gasteiger partial charge on any atom is -0.490 e. The van der Waals surface area contributed by atoms with Crippen LogP contribution in [0.4, 0.5) is 5.69 Å². The molecule has 4 aromatic rings. The summed E-state index contributed by atoms with van der Waals surface area (Å²) < 4.78 is 13.1. The van der Waals surface area contributed by atoms with Crippen LogP contribution >= 0.6 is 7.92 Å². The molecule has 1 atom stereocenters. The summed E-state index contributed by atoms with van der Waals surface area (Å²) in [6.07, 6.45) is 13.0. The lowest BCUT2D eigenvalue weighted by Gasteiger charge is -2.50. The van der Waals surface area contributed by atoms with E-state index in [9.17, 15) is 0 Å². The molecule has 3 nitrogen and oxygen atoms in total. The first kappa shape index (κ1) is 32.6. The van der Waals surface area contributed by atoms with Crippen molar-refractivity contribution in [3.05, 3.63) is 96.6 Å². The Morgan fingerprint density at radius 2 is 1.15 bits per heavy atom. The lowest BCUT2D eigenvalue weighted by atomic mass is 9.79. The maximum Gasteiger partial charge on any atom is 0.131 e. The van der Waals surface area contributed by atoms with Crippen molar-refractivity contribution in [2.24, 2.45) is 0 Å². The molecule has 0 bridgehead atoms. The Balaban J connectivity index is 1.63. The van der Waals surface area contributed by atoms with Gasteiger partial charge in [0.2, 0.25) is 0 Å². The second-order valence-corrected chi connectivity index (χ2v) is 16.7. The Hall–Kier alpha value is -3.29. The molecule has 0 saturated heterocycles. The molecule has 0 radical (unpaired) electrons. The molecular weight excluding hydrogens is 581 g/mol. The molecule has 2 aliphatic carbocycles. The van der Waals surface area contributed by atoms with Gasteiger partial charge in [0.15, 0.2) is 0 Å².